The van der Waals surface area contributed by atoms with Gasteiger partial charge < -0.3 is 25.4 Å². The van der Waals surface area contributed by atoms with Crippen molar-refractivity contribution >= 4 is 18.0 Å². The number of nitrogens with one attached hydrogen (secondary N) is 2. The molecule has 2 amide bonds. The molecule has 0 unspecified atom stereocenters. The molecule has 1 atom stereocenters. The second-order valence-corrected chi connectivity index (χ2v) is 4.52. The number of carbonyl (C=O) groups excluding carboxylic acids is 1. The zero-order valence-corrected chi connectivity index (χ0v) is 11.6. The van der Waals surface area contributed by atoms with Crippen LogP contribution in [0, 0.1) is 0 Å². The molecule has 1 aromatic heterocycles. The van der Waals surface area contributed by atoms with Crippen LogP contribution >= 0.6 is 0 Å². The lowest BCUT2D eigenvalue weighted by Crippen LogP contribution is -2.46. The van der Waals surface area contributed by atoms with Gasteiger partial charge in [-0.1, -0.05) is 0 Å². The topological polar surface area (TPSA) is 136 Å². The Morgan fingerprint density at radius 2 is 2.14 bits per heavy atom. The molecule has 0 aromatic carbocycles. The highest BCUT2D eigenvalue weighted by Crippen LogP contribution is 2.03. The molecule has 9 heteroatoms. The Hall–Kier alpha value is -2.58. The SMILES string of the molecule is CN(Cc1ncc[nH]1)C(=O)N[C@H](CCCC(=O)O)C(=O)O. The summed E-state index contributed by atoms with van der Waals surface area (Å²) in [5.41, 5.74) is 0. The quantitative estimate of drug-likeness (QED) is 0.543. The van der Waals surface area contributed by atoms with Crippen LogP contribution in [0.2, 0.25) is 0 Å². The number of rotatable bonds is 8. The first kappa shape index (κ1) is 16.5. The molecule has 0 bridgehead atoms. The van der Waals surface area contributed by atoms with Gasteiger partial charge in [-0.05, 0) is 12.8 Å². The van der Waals surface area contributed by atoms with Crippen molar-refractivity contribution in [2.24, 2.45) is 0 Å². The Balaban J connectivity index is 2.47. The fourth-order valence-corrected chi connectivity index (χ4v) is 1.65. The van der Waals surface area contributed by atoms with E-state index in [2.05, 4.69) is 15.3 Å². The van der Waals surface area contributed by atoms with Crippen LogP contribution in [-0.4, -0.2) is 56.1 Å². The van der Waals surface area contributed by atoms with E-state index < -0.39 is 24.0 Å². The number of amides is 2. The lowest BCUT2D eigenvalue weighted by molar-refractivity contribution is -0.140. The molecule has 116 valence electrons. The predicted molar refractivity (Wildman–Crippen MR) is 71.5 cm³/mol. The number of aromatic amines is 1. The molecule has 0 spiro atoms. The number of aliphatic carboxylic acids is 2. The largest absolute Gasteiger partial charge is 0.481 e. The summed E-state index contributed by atoms with van der Waals surface area (Å²) in [5.74, 6) is -1.62. The van der Waals surface area contributed by atoms with Crippen LogP contribution < -0.4 is 5.32 Å². The van der Waals surface area contributed by atoms with Crippen LogP contribution in [0.4, 0.5) is 4.79 Å². The molecule has 0 aliphatic carbocycles. The summed E-state index contributed by atoms with van der Waals surface area (Å²) in [6.07, 6.45) is 3.26. The molecule has 4 N–H and O–H groups in total. The first-order valence-electron chi connectivity index (χ1n) is 6.34. The Bertz CT molecular complexity index is 488. The molecule has 9 nitrogen and oxygen atoms in total. The zero-order chi connectivity index (χ0) is 15.8. The summed E-state index contributed by atoms with van der Waals surface area (Å²) < 4.78 is 0. The van der Waals surface area contributed by atoms with E-state index in [0.717, 1.165) is 0 Å². The first-order chi connectivity index (χ1) is 9.90. The van der Waals surface area contributed by atoms with Gasteiger partial charge in [-0.15, -0.1) is 0 Å². The van der Waals surface area contributed by atoms with Crippen molar-refractivity contribution in [2.75, 3.05) is 7.05 Å². The maximum atomic E-state index is 11.9. The van der Waals surface area contributed by atoms with Gasteiger partial charge in [0.15, 0.2) is 0 Å². The third kappa shape index (κ3) is 5.93. The summed E-state index contributed by atoms with van der Waals surface area (Å²) in [6, 6.07) is -1.68. The number of urea groups is 1. The van der Waals surface area contributed by atoms with Crippen LogP contribution in [0.5, 0.6) is 0 Å². The second-order valence-electron chi connectivity index (χ2n) is 4.52. The van der Waals surface area contributed by atoms with Gasteiger partial charge in [-0.3, -0.25) is 4.79 Å². The predicted octanol–water partition coefficient (Wildman–Crippen LogP) is 0.259. The highest BCUT2D eigenvalue weighted by atomic mass is 16.4. The summed E-state index contributed by atoms with van der Waals surface area (Å²) in [6.45, 7) is 0.209. The van der Waals surface area contributed by atoms with E-state index >= 15 is 0 Å². The molecule has 0 aliphatic heterocycles. The molecule has 1 aromatic rings. The Morgan fingerprint density at radius 1 is 1.43 bits per heavy atom. The van der Waals surface area contributed by atoms with Crippen LogP contribution in [0.25, 0.3) is 0 Å². The van der Waals surface area contributed by atoms with Crippen molar-refractivity contribution in [3.63, 3.8) is 0 Å². The summed E-state index contributed by atoms with van der Waals surface area (Å²) >= 11 is 0. The minimum Gasteiger partial charge on any atom is -0.481 e. The molecular formula is C12H18N4O5. The zero-order valence-electron chi connectivity index (χ0n) is 11.6. The number of imidazole rings is 1. The lowest BCUT2D eigenvalue weighted by atomic mass is 10.1. The second kappa shape index (κ2) is 7.88. The van der Waals surface area contributed by atoms with Gasteiger partial charge in [-0.2, -0.15) is 0 Å². The number of nitrogens with zero attached hydrogens (tertiary/aromatic N) is 2. The maximum Gasteiger partial charge on any atom is 0.326 e. The molecule has 0 fully saturated rings. The molecule has 0 radical (unpaired) electrons. The van der Waals surface area contributed by atoms with Crippen molar-refractivity contribution in [2.45, 2.75) is 31.8 Å². The molecule has 0 saturated heterocycles. The fraction of sp³-hybridized carbons (Fsp3) is 0.500. The number of carboxylic acid groups (broad SMARTS) is 2. The van der Waals surface area contributed by atoms with E-state index in [9.17, 15) is 14.4 Å². The van der Waals surface area contributed by atoms with E-state index in [1.54, 1.807) is 12.4 Å². The van der Waals surface area contributed by atoms with Gasteiger partial charge in [0, 0.05) is 25.9 Å². The third-order valence-corrected chi connectivity index (χ3v) is 2.77. The van der Waals surface area contributed by atoms with Gasteiger partial charge in [0.05, 0.1) is 6.54 Å². The number of aromatic nitrogens is 2. The molecule has 1 rings (SSSR count). The van der Waals surface area contributed by atoms with Crippen LogP contribution in [-0.2, 0) is 16.1 Å². The van der Waals surface area contributed by atoms with Crippen molar-refractivity contribution in [1.82, 2.24) is 20.2 Å². The molecule has 0 aliphatic rings. The minimum atomic E-state index is -1.19. The van der Waals surface area contributed by atoms with Crippen LogP contribution in [0.1, 0.15) is 25.1 Å². The normalized spacial score (nSPS) is 11.7. The average molecular weight is 298 g/mol. The van der Waals surface area contributed by atoms with Gasteiger partial charge in [-0.25, -0.2) is 14.6 Å². The third-order valence-electron chi connectivity index (χ3n) is 2.77. The molecule has 1 heterocycles. The van der Waals surface area contributed by atoms with E-state index in [-0.39, 0.29) is 25.8 Å². The molecule has 21 heavy (non-hydrogen) atoms. The van der Waals surface area contributed by atoms with Crippen LogP contribution in [0.15, 0.2) is 12.4 Å². The molecule has 0 saturated carbocycles. The fourth-order valence-electron chi connectivity index (χ4n) is 1.65. The van der Waals surface area contributed by atoms with E-state index in [0.29, 0.717) is 5.82 Å². The monoisotopic (exact) mass is 298 g/mol. The Morgan fingerprint density at radius 3 is 2.67 bits per heavy atom. The smallest absolute Gasteiger partial charge is 0.326 e. The van der Waals surface area contributed by atoms with Gasteiger partial charge in [0.2, 0.25) is 0 Å². The standard InChI is InChI=1S/C12H18N4O5/c1-16(7-9-13-5-6-14-9)12(21)15-8(11(19)20)3-2-4-10(17)18/h5-6,8H,2-4,7H2,1H3,(H,13,14)(H,15,21)(H,17,18)(H,19,20)/t8-/m1/s1. The summed E-state index contributed by atoms with van der Waals surface area (Å²) in [7, 11) is 1.51. The van der Waals surface area contributed by atoms with E-state index in [4.69, 9.17) is 10.2 Å². The van der Waals surface area contributed by atoms with E-state index in [1.165, 1.54) is 11.9 Å². The first-order valence-corrected chi connectivity index (χ1v) is 6.34. The van der Waals surface area contributed by atoms with E-state index in [1.807, 2.05) is 0 Å². The van der Waals surface area contributed by atoms with Crippen molar-refractivity contribution in [3.8, 4) is 0 Å². The number of H-pyrrole nitrogens is 1. The van der Waals surface area contributed by atoms with Crippen molar-refractivity contribution < 1.29 is 24.6 Å². The summed E-state index contributed by atoms with van der Waals surface area (Å²) in [5, 5.41) is 19.9. The van der Waals surface area contributed by atoms with Crippen LogP contribution in [0.3, 0.4) is 0 Å². The number of carboxylic acids is 2. The average Bonchev–Trinajstić information content (AvgIpc) is 2.89. The van der Waals surface area contributed by atoms with Gasteiger partial charge in [0.25, 0.3) is 0 Å². The maximum absolute atomic E-state index is 11.9. The number of hydrogen-bond donors (Lipinski definition) is 4. The van der Waals surface area contributed by atoms with Crippen molar-refractivity contribution in [1.29, 1.82) is 0 Å². The number of hydrogen-bond acceptors (Lipinski definition) is 4. The highest BCUT2D eigenvalue weighted by molar-refractivity contribution is 5.82. The summed E-state index contributed by atoms with van der Waals surface area (Å²) in [4.78, 5) is 41.4. The Kier molecular flexibility index (Phi) is 6.18. The molecular weight excluding hydrogens is 280 g/mol. The van der Waals surface area contributed by atoms with Crippen molar-refractivity contribution in [3.05, 3.63) is 18.2 Å². The highest BCUT2D eigenvalue weighted by Gasteiger charge is 2.22. The Labute approximate surface area is 121 Å². The van der Waals surface area contributed by atoms with Gasteiger partial charge >= 0.3 is 18.0 Å². The lowest BCUT2D eigenvalue weighted by Gasteiger charge is -2.20. The minimum absolute atomic E-state index is 0.0575. The number of carbonyl (C=O) groups is 3. The van der Waals surface area contributed by atoms with Gasteiger partial charge in [0.1, 0.15) is 11.9 Å².